The number of hydrogen-bond donors (Lipinski definition) is 1. The Labute approximate surface area is 254 Å². The third-order valence-electron chi connectivity index (χ3n) is 5.00. The molecule has 1 aliphatic carbocycles. The topological polar surface area (TPSA) is 83.7 Å². The standard InChI is InChI=1S/C19H18ClN3O.C5H4Cl6O3/c20-15-8-9-17-16(10-15)19(14-4-2-1-3-5-14)23(24)12-18(22-17)21-11-13-6-7-13;6-4(7,8)1-13-3(12)14-2-5(9,10)11/h1-5,8-10,13,24H,6-7,11-12H2;1-2H2. The molecule has 1 saturated carbocycles. The van der Waals surface area contributed by atoms with Gasteiger partial charge in [-0.1, -0.05) is 112 Å². The highest BCUT2D eigenvalue weighted by atomic mass is 35.6. The molecule has 7 nitrogen and oxygen atoms in total. The fourth-order valence-electron chi connectivity index (χ4n) is 3.17. The van der Waals surface area contributed by atoms with Crippen molar-refractivity contribution in [1.29, 1.82) is 0 Å². The molecule has 14 heteroatoms. The Kier molecular flexibility index (Phi) is 11.5. The minimum Gasteiger partial charge on any atom is -0.430 e. The number of ether oxygens (including phenoxy) is 2. The Balaban J connectivity index is 0.000000247. The molecular weight excluding hydrogens is 642 g/mol. The van der Waals surface area contributed by atoms with Crippen LogP contribution in [0.15, 0.2) is 58.5 Å². The van der Waals surface area contributed by atoms with E-state index in [2.05, 4.69) is 19.5 Å². The van der Waals surface area contributed by atoms with Crippen LogP contribution in [0.3, 0.4) is 0 Å². The van der Waals surface area contributed by atoms with Gasteiger partial charge in [-0.25, -0.2) is 14.9 Å². The molecule has 2 aliphatic rings. The summed E-state index contributed by atoms with van der Waals surface area (Å²) in [6.45, 7) is 0.159. The molecule has 2 aromatic carbocycles. The van der Waals surface area contributed by atoms with Crippen molar-refractivity contribution in [3.63, 3.8) is 0 Å². The lowest BCUT2D eigenvalue weighted by molar-refractivity contribution is -0.0120. The second-order valence-corrected chi connectivity index (χ2v) is 13.8. The molecule has 206 valence electrons. The highest BCUT2D eigenvalue weighted by Gasteiger charge is 2.26. The van der Waals surface area contributed by atoms with E-state index in [0.717, 1.165) is 22.7 Å². The maximum atomic E-state index is 10.7. The van der Waals surface area contributed by atoms with Gasteiger partial charge < -0.3 is 9.47 Å². The highest BCUT2D eigenvalue weighted by molar-refractivity contribution is 6.68. The molecule has 4 rings (SSSR count). The first-order valence-electron chi connectivity index (χ1n) is 11.2. The first kappa shape index (κ1) is 31.4. The van der Waals surface area contributed by atoms with Gasteiger partial charge >= 0.3 is 6.16 Å². The predicted octanol–water partition coefficient (Wildman–Crippen LogP) is 6.51. The molecule has 0 amide bonds. The van der Waals surface area contributed by atoms with E-state index in [9.17, 15) is 10.0 Å². The van der Waals surface area contributed by atoms with Gasteiger partial charge in [0, 0.05) is 22.3 Å². The van der Waals surface area contributed by atoms with Crippen LogP contribution in [0.5, 0.6) is 0 Å². The number of carbonyl (C=O) groups excluding carboxylic acids is 1. The average Bonchev–Trinajstić information content (AvgIpc) is 3.67. The third-order valence-corrected chi connectivity index (χ3v) is 5.89. The van der Waals surface area contributed by atoms with Crippen molar-refractivity contribution in [2.45, 2.75) is 20.4 Å². The van der Waals surface area contributed by atoms with Crippen LogP contribution in [-0.2, 0) is 9.47 Å². The van der Waals surface area contributed by atoms with Gasteiger partial charge in [-0.15, -0.1) is 0 Å². The lowest BCUT2D eigenvalue weighted by Crippen LogP contribution is -2.31. The van der Waals surface area contributed by atoms with Crippen molar-refractivity contribution >= 4 is 98.9 Å². The Morgan fingerprint density at radius 3 is 2.16 bits per heavy atom. The smallest absolute Gasteiger partial charge is 0.430 e. The maximum absolute atomic E-state index is 10.7. The molecule has 0 aromatic heterocycles. The lowest BCUT2D eigenvalue weighted by atomic mass is 10.1. The number of nitrogens with zero attached hydrogens (tertiary/aromatic N) is 3. The van der Waals surface area contributed by atoms with Crippen LogP contribution in [0.25, 0.3) is 5.70 Å². The van der Waals surface area contributed by atoms with Gasteiger partial charge in [0.2, 0.25) is 7.59 Å². The molecule has 1 fully saturated rings. The van der Waals surface area contributed by atoms with E-state index >= 15 is 0 Å². The minimum atomic E-state index is -1.70. The number of benzene rings is 2. The number of hydroxylamine groups is 2. The number of carbonyl (C=O) groups is 1. The molecule has 0 saturated heterocycles. The van der Waals surface area contributed by atoms with Crippen molar-refractivity contribution in [2.75, 3.05) is 26.3 Å². The monoisotopic (exact) mass is 661 g/mol. The van der Waals surface area contributed by atoms with E-state index in [1.807, 2.05) is 48.5 Å². The summed E-state index contributed by atoms with van der Waals surface area (Å²) in [6, 6.07) is 15.3. The summed E-state index contributed by atoms with van der Waals surface area (Å²) < 4.78 is 5.35. The Hall–Kier alpha value is -1.16. The predicted molar refractivity (Wildman–Crippen MR) is 153 cm³/mol. The van der Waals surface area contributed by atoms with Crippen molar-refractivity contribution < 1.29 is 19.5 Å². The van der Waals surface area contributed by atoms with Crippen LogP contribution in [0.1, 0.15) is 18.4 Å². The summed E-state index contributed by atoms with van der Waals surface area (Å²) in [5.41, 5.74) is 1.62. The summed E-state index contributed by atoms with van der Waals surface area (Å²) in [5, 5.41) is 14.1. The van der Waals surface area contributed by atoms with Crippen molar-refractivity contribution in [3.8, 4) is 0 Å². The Morgan fingerprint density at radius 1 is 1.00 bits per heavy atom. The normalized spacial score (nSPS) is 16.6. The fraction of sp³-hybridized carbons (Fsp3) is 0.375. The highest BCUT2D eigenvalue weighted by Crippen LogP contribution is 2.29. The largest absolute Gasteiger partial charge is 0.508 e. The Morgan fingerprint density at radius 2 is 1.61 bits per heavy atom. The van der Waals surface area contributed by atoms with Crippen molar-refractivity contribution in [1.82, 2.24) is 5.06 Å². The summed E-state index contributed by atoms with van der Waals surface area (Å²) in [6.07, 6.45) is 1.41. The fourth-order valence-corrected chi connectivity index (χ4v) is 3.67. The first-order chi connectivity index (χ1) is 17.8. The molecule has 38 heavy (non-hydrogen) atoms. The zero-order valence-electron chi connectivity index (χ0n) is 19.6. The molecule has 2 aromatic rings. The number of halogens is 7. The van der Waals surface area contributed by atoms with E-state index in [1.54, 1.807) is 0 Å². The van der Waals surface area contributed by atoms with Crippen LogP contribution in [0.2, 0.25) is 5.02 Å². The van der Waals surface area contributed by atoms with Gasteiger partial charge in [-0.05, 0) is 37.0 Å². The molecule has 1 heterocycles. The zero-order chi connectivity index (χ0) is 27.9. The number of fused-ring (bicyclic) bond motifs is 1. The molecule has 0 spiro atoms. The lowest BCUT2D eigenvalue weighted by Gasteiger charge is -2.19. The van der Waals surface area contributed by atoms with Crippen molar-refractivity contribution in [2.24, 2.45) is 15.9 Å². The summed E-state index contributed by atoms with van der Waals surface area (Å²) in [5.74, 6) is 1.34. The summed E-state index contributed by atoms with van der Waals surface area (Å²) in [7, 11) is 0. The number of alkyl halides is 6. The van der Waals surface area contributed by atoms with Crippen LogP contribution in [0.4, 0.5) is 4.79 Å². The maximum Gasteiger partial charge on any atom is 0.508 e. The van der Waals surface area contributed by atoms with E-state index in [4.69, 9.17) is 81.2 Å². The van der Waals surface area contributed by atoms with Crippen molar-refractivity contribution in [3.05, 3.63) is 69.7 Å². The SMILES string of the molecule is O=C(OCC(Cl)(Cl)Cl)OCC(Cl)(Cl)Cl.ON1CC(=NCC2CC2)N=c2ccc(Cl)cc2=C1c1ccccc1. The van der Waals surface area contributed by atoms with Gasteiger partial charge in [0.25, 0.3) is 0 Å². The van der Waals surface area contributed by atoms with E-state index in [0.29, 0.717) is 22.5 Å². The number of hydrogen-bond acceptors (Lipinski definition) is 6. The van der Waals surface area contributed by atoms with Gasteiger partial charge in [-0.3, -0.25) is 10.2 Å². The number of amidine groups is 1. The van der Waals surface area contributed by atoms with Gasteiger partial charge in [-0.2, -0.15) is 0 Å². The average molecular weight is 665 g/mol. The molecule has 1 N–H and O–H groups in total. The number of rotatable bonds is 5. The Bertz CT molecular complexity index is 1240. The third kappa shape index (κ3) is 11.1. The van der Waals surface area contributed by atoms with Gasteiger partial charge in [0.15, 0.2) is 0 Å². The molecule has 1 aliphatic heterocycles. The zero-order valence-corrected chi connectivity index (χ0v) is 24.9. The minimum absolute atomic E-state index is 0.267. The summed E-state index contributed by atoms with van der Waals surface area (Å²) >= 11 is 37.9. The second-order valence-electron chi connectivity index (χ2n) is 8.30. The van der Waals surface area contributed by atoms with E-state index in [-0.39, 0.29) is 6.54 Å². The molecule has 0 unspecified atom stereocenters. The van der Waals surface area contributed by atoms with E-state index < -0.39 is 27.0 Å². The molecule has 0 atom stereocenters. The summed E-state index contributed by atoms with van der Waals surface area (Å²) in [4.78, 5) is 20.0. The number of aliphatic imine (C=N–C) groups is 1. The van der Waals surface area contributed by atoms with Gasteiger partial charge in [0.05, 0.1) is 11.1 Å². The molecule has 0 bridgehead atoms. The molecule has 0 radical (unpaired) electrons. The van der Waals surface area contributed by atoms with Crippen LogP contribution in [0, 0.1) is 5.92 Å². The van der Waals surface area contributed by atoms with Crippen LogP contribution < -0.4 is 10.6 Å². The van der Waals surface area contributed by atoms with Crippen LogP contribution in [-0.4, -0.2) is 56.1 Å². The van der Waals surface area contributed by atoms with Crippen LogP contribution >= 0.6 is 81.2 Å². The van der Waals surface area contributed by atoms with E-state index in [1.165, 1.54) is 17.9 Å². The first-order valence-corrected chi connectivity index (χ1v) is 13.8. The molecular formula is C24H22Cl7N3O4. The van der Waals surface area contributed by atoms with Gasteiger partial charge in [0.1, 0.15) is 25.6 Å². The quantitative estimate of drug-likeness (QED) is 0.291. The second kappa shape index (κ2) is 14.0.